The molecule has 0 spiro atoms. The summed E-state index contributed by atoms with van der Waals surface area (Å²) in [6.45, 7) is 0. The van der Waals surface area contributed by atoms with Gasteiger partial charge in [-0.1, -0.05) is 18.2 Å². The van der Waals surface area contributed by atoms with E-state index in [0.717, 1.165) is 3.97 Å². The zero-order valence-electron chi connectivity index (χ0n) is 12.6. The van der Waals surface area contributed by atoms with Crippen LogP contribution in [0.3, 0.4) is 0 Å². The Bertz CT molecular complexity index is 1240. The molecule has 1 aromatic carbocycles. The highest BCUT2D eigenvalue weighted by molar-refractivity contribution is 9.10. The van der Waals surface area contributed by atoms with Crippen LogP contribution in [0.4, 0.5) is 5.82 Å². The van der Waals surface area contributed by atoms with Gasteiger partial charge in [0.15, 0.2) is 17.2 Å². The highest BCUT2D eigenvalue weighted by Gasteiger charge is 2.26. The van der Waals surface area contributed by atoms with E-state index in [1.165, 1.54) is 24.5 Å². The van der Waals surface area contributed by atoms with E-state index in [2.05, 4.69) is 25.9 Å². The fourth-order valence-electron chi connectivity index (χ4n) is 2.76. The van der Waals surface area contributed by atoms with E-state index < -0.39 is 10.0 Å². The van der Waals surface area contributed by atoms with Gasteiger partial charge in [-0.2, -0.15) is 0 Å². The maximum atomic E-state index is 13.2. The van der Waals surface area contributed by atoms with Crippen LogP contribution < -0.4 is 5.73 Å². The number of hydrogen-bond acceptors (Lipinski definition) is 6. The molecular weight excluding hydrogens is 408 g/mol. The van der Waals surface area contributed by atoms with Crippen LogP contribution in [0.2, 0.25) is 0 Å². The van der Waals surface area contributed by atoms with Crippen molar-refractivity contribution in [1.29, 1.82) is 0 Å². The lowest BCUT2D eigenvalue weighted by Crippen LogP contribution is -2.13. The summed E-state index contributed by atoms with van der Waals surface area (Å²) in [4.78, 5) is 8.24. The van der Waals surface area contributed by atoms with Crippen molar-refractivity contribution < 1.29 is 13.5 Å². The largest absolute Gasteiger partial charge is 0.504 e. The maximum absolute atomic E-state index is 13.2. The van der Waals surface area contributed by atoms with E-state index in [1.54, 1.807) is 24.3 Å². The molecular formula is C16H11BrN4O3S. The predicted octanol–water partition coefficient (Wildman–Crippen LogP) is 2.87. The van der Waals surface area contributed by atoms with Crippen LogP contribution in [0.5, 0.6) is 5.75 Å². The Morgan fingerprint density at radius 2 is 1.84 bits per heavy atom. The first-order valence-electron chi connectivity index (χ1n) is 7.15. The topological polar surface area (TPSA) is 111 Å². The van der Waals surface area contributed by atoms with E-state index in [9.17, 15) is 13.5 Å². The third kappa shape index (κ3) is 2.27. The summed E-state index contributed by atoms with van der Waals surface area (Å²) in [5, 5.41) is 11.1. The molecule has 0 radical (unpaired) electrons. The van der Waals surface area contributed by atoms with E-state index in [-0.39, 0.29) is 33.0 Å². The number of hydrogen-bond donors (Lipinski definition) is 2. The first kappa shape index (κ1) is 15.9. The van der Waals surface area contributed by atoms with Crippen LogP contribution >= 0.6 is 15.9 Å². The molecule has 0 fully saturated rings. The second-order valence-electron chi connectivity index (χ2n) is 5.36. The summed E-state index contributed by atoms with van der Waals surface area (Å²) in [5.74, 6) is -0.354. The number of halogens is 1. The number of anilines is 1. The molecule has 126 valence electrons. The van der Waals surface area contributed by atoms with Gasteiger partial charge in [0.1, 0.15) is 0 Å². The molecule has 3 N–H and O–H groups in total. The average Bonchev–Trinajstić information content (AvgIpc) is 2.93. The zero-order chi connectivity index (χ0) is 17.8. The summed E-state index contributed by atoms with van der Waals surface area (Å²) in [6, 6.07) is 9.68. The average molecular weight is 419 g/mol. The number of aromatic nitrogens is 3. The van der Waals surface area contributed by atoms with Crippen LogP contribution in [-0.2, 0) is 10.0 Å². The number of aromatic hydroxyl groups is 1. The van der Waals surface area contributed by atoms with E-state index in [1.807, 2.05) is 0 Å². The van der Waals surface area contributed by atoms with Crippen molar-refractivity contribution >= 4 is 53.7 Å². The molecule has 0 unspecified atom stereocenters. The fourth-order valence-corrected chi connectivity index (χ4v) is 4.57. The summed E-state index contributed by atoms with van der Waals surface area (Å²) in [5.41, 5.74) is 6.08. The minimum atomic E-state index is -3.94. The van der Waals surface area contributed by atoms with Gasteiger partial charge in [0.25, 0.3) is 10.0 Å². The van der Waals surface area contributed by atoms with Gasteiger partial charge in [-0.25, -0.2) is 22.4 Å². The summed E-state index contributed by atoms with van der Waals surface area (Å²) in [7, 11) is -3.94. The lowest BCUT2D eigenvalue weighted by molar-refractivity contribution is 0.482. The van der Waals surface area contributed by atoms with Crippen molar-refractivity contribution in [1.82, 2.24) is 13.9 Å². The standard InChI is InChI=1S/C16H11BrN4O3S/c17-9-6-11-13-12(8-19-15(18)14(13)22)21(16(11)20-7-9)25(23,24)10-4-2-1-3-5-10/h1-8,22H,(H2,18,19). The monoisotopic (exact) mass is 418 g/mol. The van der Waals surface area contributed by atoms with Crippen LogP contribution in [-0.4, -0.2) is 27.5 Å². The Kier molecular flexibility index (Phi) is 3.44. The number of nitrogens with zero attached hydrogens (tertiary/aromatic N) is 3. The molecule has 4 aromatic rings. The Balaban J connectivity index is 2.23. The Morgan fingerprint density at radius 3 is 2.56 bits per heavy atom. The zero-order valence-corrected chi connectivity index (χ0v) is 15.0. The number of rotatable bonds is 2. The fraction of sp³-hybridized carbons (Fsp3) is 0. The predicted molar refractivity (Wildman–Crippen MR) is 97.8 cm³/mol. The molecule has 0 saturated carbocycles. The lowest BCUT2D eigenvalue weighted by atomic mass is 10.2. The van der Waals surface area contributed by atoms with E-state index in [4.69, 9.17) is 5.73 Å². The highest BCUT2D eigenvalue weighted by Crippen LogP contribution is 2.39. The minimum absolute atomic E-state index is 0.0800. The van der Waals surface area contributed by atoms with Gasteiger partial charge in [0.2, 0.25) is 0 Å². The normalized spacial score (nSPS) is 12.0. The molecule has 4 rings (SSSR count). The van der Waals surface area contributed by atoms with Crippen molar-refractivity contribution in [3.8, 4) is 5.75 Å². The lowest BCUT2D eigenvalue weighted by Gasteiger charge is -2.08. The van der Waals surface area contributed by atoms with Gasteiger partial charge in [-0.3, -0.25) is 0 Å². The molecule has 0 aliphatic rings. The number of nitrogen functional groups attached to an aromatic ring is 1. The van der Waals surface area contributed by atoms with Crippen LogP contribution in [0.15, 0.2) is 58.2 Å². The van der Waals surface area contributed by atoms with Crippen molar-refractivity contribution in [2.24, 2.45) is 0 Å². The molecule has 0 aliphatic carbocycles. The van der Waals surface area contributed by atoms with Gasteiger partial charge in [0, 0.05) is 16.1 Å². The second-order valence-corrected chi connectivity index (χ2v) is 8.06. The van der Waals surface area contributed by atoms with Crippen molar-refractivity contribution in [3.63, 3.8) is 0 Å². The van der Waals surface area contributed by atoms with Crippen LogP contribution in [0.25, 0.3) is 21.9 Å². The number of benzene rings is 1. The minimum Gasteiger partial charge on any atom is -0.504 e. The van der Waals surface area contributed by atoms with Crippen LogP contribution in [0.1, 0.15) is 0 Å². The smallest absolute Gasteiger partial charge is 0.269 e. The molecule has 3 aromatic heterocycles. The van der Waals surface area contributed by atoms with Crippen molar-refractivity contribution in [2.45, 2.75) is 4.90 Å². The van der Waals surface area contributed by atoms with Crippen LogP contribution in [0, 0.1) is 0 Å². The van der Waals surface area contributed by atoms with Gasteiger partial charge < -0.3 is 10.8 Å². The molecule has 0 atom stereocenters. The Morgan fingerprint density at radius 1 is 1.12 bits per heavy atom. The number of fused-ring (bicyclic) bond motifs is 3. The summed E-state index contributed by atoms with van der Waals surface area (Å²) >= 11 is 3.32. The van der Waals surface area contributed by atoms with Gasteiger partial charge in [-0.05, 0) is 34.1 Å². The summed E-state index contributed by atoms with van der Waals surface area (Å²) in [6.07, 6.45) is 2.81. The molecule has 25 heavy (non-hydrogen) atoms. The van der Waals surface area contributed by atoms with E-state index >= 15 is 0 Å². The Labute approximate surface area is 150 Å². The molecule has 0 amide bonds. The van der Waals surface area contributed by atoms with Gasteiger partial charge in [-0.15, -0.1) is 0 Å². The van der Waals surface area contributed by atoms with Crippen molar-refractivity contribution in [3.05, 3.63) is 53.3 Å². The molecule has 9 heteroatoms. The SMILES string of the molecule is Nc1ncc2c(c1O)c1cc(Br)cnc1n2S(=O)(=O)c1ccccc1. The van der Waals surface area contributed by atoms with Gasteiger partial charge >= 0.3 is 0 Å². The first-order chi connectivity index (χ1) is 11.9. The number of pyridine rings is 2. The molecule has 0 saturated heterocycles. The molecule has 3 heterocycles. The first-order valence-corrected chi connectivity index (χ1v) is 9.38. The number of nitrogens with two attached hydrogens (primary N) is 1. The molecule has 0 aliphatic heterocycles. The second kappa shape index (κ2) is 5.43. The maximum Gasteiger partial charge on any atom is 0.269 e. The molecule has 0 bridgehead atoms. The summed E-state index contributed by atoms with van der Waals surface area (Å²) < 4.78 is 28.1. The quantitative estimate of drug-likeness (QED) is 0.517. The highest BCUT2D eigenvalue weighted by atomic mass is 79.9. The molecule has 7 nitrogen and oxygen atoms in total. The van der Waals surface area contributed by atoms with Gasteiger partial charge in [0.05, 0.1) is 22.0 Å². The third-order valence-corrected chi connectivity index (χ3v) is 6.01. The third-order valence-electron chi connectivity index (χ3n) is 3.86. The van der Waals surface area contributed by atoms with Crippen molar-refractivity contribution in [2.75, 3.05) is 5.73 Å². The Hall–Kier alpha value is -2.65. The van der Waals surface area contributed by atoms with E-state index in [0.29, 0.717) is 9.86 Å².